The maximum absolute atomic E-state index is 11.9. The normalized spacial score (nSPS) is 10.4. The number of urea groups is 1. The number of nitrogens with one attached hydrogen (secondary N) is 1. The van der Waals surface area contributed by atoms with Crippen molar-refractivity contribution in [1.29, 1.82) is 0 Å². The van der Waals surface area contributed by atoms with Crippen molar-refractivity contribution in [3.05, 3.63) is 23.2 Å². The molecular weight excluding hydrogens is 264 g/mol. The molecule has 0 heterocycles. The summed E-state index contributed by atoms with van der Waals surface area (Å²) in [5.74, 6) is 0.623. The molecule has 0 aromatic heterocycles. The molecule has 1 aromatic carbocycles. The topological polar surface area (TPSA) is 41.6 Å². The van der Waals surface area contributed by atoms with Crippen LogP contribution < -0.4 is 10.1 Å². The first-order chi connectivity index (χ1) is 8.97. The molecule has 0 radical (unpaired) electrons. The number of amides is 2. The molecule has 4 nitrogen and oxygen atoms in total. The minimum absolute atomic E-state index is 0.0635. The molecule has 0 atom stereocenters. The number of rotatable bonds is 5. The van der Waals surface area contributed by atoms with Gasteiger partial charge in [-0.15, -0.1) is 0 Å². The van der Waals surface area contributed by atoms with Gasteiger partial charge in [-0.2, -0.15) is 0 Å². The molecule has 0 aliphatic carbocycles. The Morgan fingerprint density at radius 2 is 2.00 bits per heavy atom. The van der Waals surface area contributed by atoms with E-state index in [1.54, 1.807) is 23.1 Å². The monoisotopic (exact) mass is 284 g/mol. The largest absolute Gasteiger partial charge is 0.489 e. The molecular formula is C14H21ClN2O2. The number of carbonyl (C=O) groups excluding carboxylic acids is 1. The van der Waals surface area contributed by atoms with E-state index in [-0.39, 0.29) is 12.1 Å². The number of hydrogen-bond acceptors (Lipinski definition) is 2. The van der Waals surface area contributed by atoms with Gasteiger partial charge in [-0.3, -0.25) is 0 Å². The molecule has 0 unspecified atom stereocenters. The maximum Gasteiger partial charge on any atom is 0.321 e. The number of benzene rings is 1. The van der Waals surface area contributed by atoms with Crippen LogP contribution in [0.2, 0.25) is 5.02 Å². The zero-order valence-corrected chi connectivity index (χ0v) is 12.6. The van der Waals surface area contributed by atoms with Crippen molar-refractivity contribution in [2.24, 2.45) is 0 Å². The lowest BCUT2D eigenvalue weighted by Crippen LogP contribution is -2.34. The van der Waals surface area contributed by atoms with Crippen LogP contribution in [0.5, 0.6) is 5.75 Å². The number of halogens is 1. The van der Waals surface area contributed by atoms with Gasteiger partial charge < -0.3 is 15.0 Å². The van der Waals surface area contributed by atoms with Crippen LogP contribution in [-0.2, 0) is 0 Å². The second-order valence-electron chi connectivity index (χ2n) is 4.41. The van der Waals surface area contributed by atoms with Crippen molar-refractivity contribution in [1.82, 2.24) is 4.90 Å². The van der Waals surface area contributed by atoms with Crippen LogP contribution in [0.25, 0.3) is 0 Å². The molecule has 0 spiro atoms. The van der Waals surface area contributed by atoms with Crippen molar-refractivity contribution in [2.75, 3.05) is 18.4 Å². The van der Waals surface area contributed by atoms with Crippen LogP contribution >= 0.6 is 11.6 Å². The minimum atomic E-state index is -0.126. The Morgan fingerprint density at radius 3 is 2.47 bits per heavy atom. The third kappa shape index (κ3) is 4.63. The highest BCUT2D eigenvalue weighted by Crippen LogP contribution is 2.28. The fourth-order valence-electron chi connectivity index (χ4n) is 1.64. The Labute approximate surface area is 119 Å². The summed E-state index contributed by atoms with van der Waals surface area (Å²) in [7, 11) is 0. The van der Waals surface area contributed by atoms with Gasteiger partial charge >= 0.3 is 6.03 Å². The van der Waals surface area contributed by atoms with Crippen molar-refractivity contribution < 1.29 is 9.53 Å². The summed E-state index contributed by atoms with van der Waals surface area (Å²) in [6, 6.07) is 5.12. The van der Waals surface area contributed by atoms with Gasteiger partial charge in [-0.1, -0.05) is 11.6 Å². The number of ether oxygens (including phenoxy) is 1. The van der Waals surface area contributed by atoms with E-state index in [1.165, 1.54) is 0 Å². The third-order valence-corrected chi connectivity index (χ3v) is 2.89. The number of anilines is 1. The van der Waals surface area contributed by atoms with E-state index in [1.807, 2.05) is 27.7 Å². The van der Waals surface area contributed by atoms with E-state index in [9.17, 15) is 4.79 Å². The third-order valence-electron chi connectivity index (χ3n) is 2.60. The lowest BCUT2D eigenvalue weighted by molar-refractivity contribution is 0.217. The molecule has 0 aliphatic rings. The zero-order chi connectivity index (χ0) is 14.4. The summed E-state index contributed by atoms with van der Waals surface area (Å²) in [6.45, 7) is 9.10. The van der Waals surface area contributed by atoms with Crippen LogP contribution in [0.1, 0.15) is 27.7 Å². The summed E-state index contributed by atoms with van der Waals surface area (Å²) in [5.41, 5.74) is 0.665. The quantitative estimate of drug-likeness (QED) is 0.888. The molecule has 5 heteroatoms. The van der Waals surface area contributed by atoms with E-state index < -0.39 is 0 Å². The van der Waals surface area contributed by atoms with Gasteiger partial charge in [0.05, 0.1) is 11.1 Å². The molecule has 0 aliphatic heterocycles. The van der Waals surface area contributed by atoms with Crippen molar-refractivity contribution >= 4 is 23.3 Å². The molecule has 0 bridgehead atoms. The van der Waals surface area contributed by atoms with E-state index >= 15 is 0 Å². The lowest BCUT2D eigenvalue weighted by atomic mass is 10.3. The Morgan fingerprint density at radius 1 is 1.37 bits per heavy atom. The number of nitrogens with zero attached hydrogens (tertiary/aromatic N) is 1. The average molecular weight is 285 g/mol. The highest BCUT2D eigenvalue weighted by atomic mass is 35.5. The van der Waals surface area contributed by atoms with Gasteiger partial charge in [-0.05, 0) is 45.9 Å². The Kier molecular flexibility index (Phi) is 5.96. The number of hydrogen-bond donors (Lipinski definition) is 1. The van der Waals surface area contributed by atoms with Crippen LogP contribution in [0.15, 0.2) is 18.2 Å². The Bertz CT molecular complexity index is 431. The summed E-state index contributed by atoms with van der Waals surface area (Å²) in [6.07, 6.45) is 0.0635. The minimum Gasteiger partial charge on any atom is -0.489 e. The van der Waals surface area contributed by atoms with Gasteiger partial charge in [0.1, 0.15) is 5.75 Å². The van der Waals surface area contributed by atoms with Crippen molar-refractivity contribution in [3.8, 4) is 5.75 Å². The Balaban J connectivity index is 2.75. The second kappa shape index (κ2) is 7.24. The first-order valence-corrected chi connectivity index (χ1v) is 6.87. The maximum atomic E-state index is 11.9. The molecule has 1 aromatic rings. The van der Waals surface area contributed by atoms with Gasteiger partial charge in [0.15, 0.2) is 0 Å². The molecule has 106 valence electrons. The lowest BCUT2D eigenvalue weighted by Gasteiger charge is -2.19. The molecule has 0 fully saturated rings. The van der Waals surface area contributed by atoms with Crippen LogP contribution in [0.3, 0.4) is 0 Å². The molecule has 0 saturated carbocycles. The van der Waals surface area contributed by atoms with E-state index in [2.05, 4.69) is 5.32 Å². The van der Waals surface area contributed by atoms with Gasteiger partial charge in [0.25, 0.3) is 0 Å². The highest BCUT2D eigenvalue weighted by Gasteiger charge is 2.11. The Hall–Kier alpha value is -1.42. The summed E-state index contributed by atoms with van der Waals surface area (Å²) in [4.78, 5) is 13.6. The van der Waals surface area contributed by atoms with E-state index in [0.717, 1.165) is 0 Å². The standard InChI is InChI=1S/C14H21ClN2O2/c1-5-17(6-2)14(18)16-11-7-8-13(12(15)9-11)19-10(3)4/h7-10H,5-6H2,1-4H3,(H,16,18). The average Bonchev–Trinajstić information content (AvgIpc) is 2.33. The predicted octanol–water partition coefficient (Wildman–Crippen LogP) is 4.00. The van der Waals surface area contributed by atoms with Crippen molar-refractivity contribution in [3.63, 3.8) is 0 Å². The fraction of sp³-hybridized carbons (Fsp3) is 0.500. The highest BCUT2D eigenvalue weighted by molar-refractivity contribution is 6.32. The van der Waals surface area contributed by atoms with Crippen LogP contribution in [0, 0.1) is 0 Å². The summed E-state index contributed by atoms with van der Waals surface area (Å²) < 4.78 is 5.54. The first kappa shape index (κ1) is 15.6. The van der Waals surface area contributed by atoms with E-state index in [4.69, 9.17) is 16.3 Å². The zero-order valence-electron chi connectivity index (χ0n) is 11.9. The van der Waals surface area contributed by atoms with Crippen LogP contribution in [-0.4, -0.2) is 30.1 Å². The van der Waals surface area contributed by atoms with E-state index in [0.29, 0.717) is 29.5 Å². The summed E-state index contributed by atoms with van der Waals surface area (Å²) >= 11 is 6.11. The molecule has 19 heavy (non-hydrogen) atoms. The van der Waals surface area contributed by atoms with Gasteiger partial charge in [-0.25, -0.2) is 4.79 Å². The molecule has 1 N–H and O–H groups in total. The fourth-order valence-corrected chi connectivity index (χ4v) is 1.87. The van der Waals surface area contributed by atoms with Gasteiger partial charge in [0, 0.05) is 18.8 Å². The van der Waals surface area contributed by atoms with Crippen LogP contribution in [0.4, 0.5) is 10.5 Å². The van der Waals surface area contributed by atoms with Gasteiger partial charge in [0.2, 0.25) is 0 Å². The first-order valence-electron chi connectivity index (χ1n) is 6.50. The summed E-state index contributed by atoms with van der Waals surface area (Å²) in [5, 5.41) is 3.30. The second-order valence-corrected chi connectivity index (χ2v) is 4.82. The molecule has 0 saturated heterocycles. The SMILES string of the molecule is CCN(CC)C(=O)Nc1ccc(OC(C)C)c(Cl)c1. The number of carbonyl (C=O) groups is 1. The van der Waals surface area contributed by atoms with Crippen molar-refractivity contribution in [2.45, 2.75) is 33.8 Å². The molecule has 2 amide bonds. The predicted molar refractivity (Wildman–Crippen MR) is 79.2 cm³/mol. The molecule has 1 rings (SSSR count). The smallest absolute Gasteiger partial charge is 0.321 e.